The molecule has 0 heterocycles. The van der Waals surface area contributed by atoms with Crippen LogP contribution in [0.2, 0.25) is 0 Å². The smallest absolute Gasteiger partial charge is 0.255 e. The standard InChI is InChI=1S/C34H40N2O9/c1-3-4-11-45-12-5-10-36-17-18-6-9-26(44-2)22(13-18)21-7-8-24(37)28-23(21)15-19-14-20-16-25(38)29(33(35)42)32(41)34(20,43)31(40)27(19)30(28)39/h6-9,13,19-20,36-38,40,43H,3-5,10-12,14-17H2,1-2H3,(H2,35,42)/t19?,20-,34-/m0/s1. The molecule has 3 aliphatic carbocycles. The van der Waals surface area contributed by atoms with Gasteiger partial charge >= 0.3 is 0 Å². The topological polar surface area (TPSA) is 189 Å². The Balaban J connectivity index is 1.47. The molecular formula is C34H40N2O9. The molecule has 7 N–H and O–H groups in total. The maximum Gasteiger partial charge on any atom is 0.255 e. The lowest BCUT2D eigenvalue weighted by Crippen LogP contribution is -2.57. The third-order valence-electron chi connectivity index (χ3n) is 9.11. The third-order valence-corrected chi connectivity index (χ3v) is 9.11. The van der Waals surface area contributed by atoms with E-state index < -0.39 is 52.0 Å². The lowest BCUT2D eigenvalue weighted by Gasteiger charge is -2.45. The van der Waals surface area contributed by atoms with E-state index in [9.17, 15) is 34.8 Å². The van der Waals surface area contributed by atoms with Crippen molar-refractivity contribution in [2.75, 3.05) is 26.9 Å². The number of methoxy groups -OCH3 is 1. The first-order chi connectivity index (χ1) is 21.5. The maximum absolute atomic E-state index is 14.0. The minimum atomic E-state index is -2.60. The molecule has 0 aliphatic heterocycles. The zero-order valence-electron chi connectivity index (χ0n) is 25.5. The summed E-state index contributed by atoms with van der Waals surface area (Å²) >= 11 is 0. The number of aliphatic hydroxyl groups is 3. The Kier molecular flexibility index (Phi) is 9.33. The van der Waals surface area contributed by atoms with Gasteiger partial charge in [0.25, 0.3) is 5.91 Å². The van der Waals surface area contributed by atoms with Crippen LogP contribution >= 0.6 is 0 Å². The van der Waals surface area contributed by atoms with Gasteiger partial charge in [-0.15, -0.1) is 0 Å². The molecule has 5 rings (SSSR count). The van der Waals surface area contributed by atoms with Gasteiger partial charge < -0.3 is 41.0 Å². The predicted molar refractivity (Wildman–Crippen MR) is 165 cm³/mol. The normalized spacial score (nSPS) is 22.6. The van der Waals surface area contributed by atoms with Crippen LogP contribution in [0.5, 0.6) is 11.5 Å². The van der Waals surface area contributed by atoms with E-state index in [-0.39, 0.29) is 36.1 Å². The lowest BCUT2D eigenvalue weighted by atomic mass is 9.60. The van der Waals surface area contributed by atoms with Gasteiger partial charge in [-0.05, 0) is 73.0 Å². The van der Waals surface area contributed by atoms with Crippen molar-refractivity contribution in [2.24, 2.45) is 17.6 Å². The number of rotatable bonds is 12. The number of benzene rings is 2. The van der Waals surface area contributed by atoms with Crippen LogP contribution in [-0.2, 0) is 27.3 Å². The van der Waals surface area contributed by atoms with Gasteiger partial charge in [0.2, 0.25) is 5.78 Å². The fourth-order valence-electron chi connectivity index (χ4n) is 6.83. The van der Waals surface area contributed by atoms with Crippen molar-refractivity contribution in [3.05, 3.63) is 69.7 Å². The van der Waals surface area contributed by atoms with E-state index in [1.165, 1.54) is 6.07 Å². The molecule has 0 saturated heterocycles. The first kappa shape index (κ1) is 32.2. The average molecular weight is 621 g/mol. The Morgan fingerprint density at radius 1 is 1.07 bits per heavy atom. The monoisotopic (exact) mass is 620 g/mol. The van der Waals surface area contributed by atoms with Crippen molar-refractivity contribution in [1.29, 1.82) is 0 Å². The number of aliphatic hydroxyl groups excluding tert-OH is 2. The van der Waals surface area contributed by atoms with E-state index >= 15 is 0 Å². The van der Waals surface area contributed by atoms with Crippen molar-refractivity contribution in [1.82, 2.24) is 5.32 Å². The van der Waals surface area contributed by atoms with Gasteiger partial charge in [0.05, 0.1) is 12.7 Å². The second-order valence-electron chi connectivity index (χ2n) is 11.9. The third kappa shape index (κ3) is 5.71. The summed E-state index contributed by atoms with van der Waals surface area (Å²) in [6.45, 7) is 4.95. The van der Waals surface area contributed by atoms with Gasteiger partial charge in [-0.2, -0.15) is 0 Å². The molecule has 11 heteroatoms. The van der Waals surface area contributed by atoms with Gasteiger partial charge in [-0.1, -0.05) is 25.5 Å². The number of ether oxygens (including phenoxy) is 2. The number of Topliss-reactive ketones (excluding diaryl/α,β-unsaturated/α-hetero) is 2. The largest absolute Gasteiger partial charge is 0.511 e. The number of nitrogens with two attached hydrogens (primary N) is 1. The van der Waals surface area contributed by atoms with Crippen LogP contribution in [0.25, 0.3) is 11.1 Å². The highest BCUT2D eigenvalue weighted by Gasteiger charge is 2.59. The van der Waals surface area contributed by atoms with E-state index in [0.717, 1.165) is 38.0 Å². The number of allylic oxidation sites excluding steroid dienone is 2. The fraction of sp³-hybridized carbons (Fsp3) is 0.441. The first-order valence-corrected chi connectivity index (χ1v) is 15.3. The molecular weight excluding hydrogens is 580 g/mol. The number of ketones is 2. The average Bonchev–Trinajstić information content (AvgIpc) is 3.00. The van der Waals surface area contributed by atoms with Crippen molar-refractivity contribution in [3.8, 4) is 22.6 Å². The SMILES string of the molecule is CCCCOCCCNCc1ccc(OC)c(-c2ccc(O)c3c2CC2C[C@H]4CC(O)=C(C(N)=O)C(=O)[C@@]4(O)C(O)=C2C3=O)c1. The molecule has 0 radical (unpaired) electrons. The molecule has 1 amide bonds. The highest BCUT2D eigenvalue weighted by atomic mass is 16.5. The molecule has 0 saturated carbocycles. The molecule has 0 spiro atoms. The summed E-state index contributed by atoms with van der Waals surface area (Å²) in [6, 6.07) is 8.88. The Hall–Kier alpha value is -4.19. The van der Waals surface area contributed by atoms with E-state index in [1.54, 1.807) is 13.2 Å². The second-order valence-corrected chi connectivity index (χ2v) is 11.9. The molecule has 11 nitrogen and oxygen atoms in total. The van der Waals surface area contributed by atoms with E-state index in [2.05, 4.69) is 12.2 Å². The molecule has 1 unspecified atom stereocenters. The molecule has 3 aliphatic rings. The lowest BCUT2D eigenvalue weighted by molar-refractivity contribution is -0.144. The summed E-state index contributed by atoms with van der Waals surface area (Å²) in [5, 5.41) is 47.5. The highest BCUT2D eigenvalue weighted by Crippen LogP contribution is 2.52. The number of primary amides is 1. The minimum absolute atomic E-state index is 0.0437. The Morgan fingerprint density at radius 2 is 1.82 bits per heavy atom. The number of fused-ring (bicyclic) bond motifs is 3. The summed E-state index contributed by atoms with van der Waals surface area (Å²) < 4.78 is 11.3. The van der Waals surface area contributed by atoms with Gasteiger partial charge in [0, 0.05) is 43.2 Å². The molecule has 2 aromatic rings. The van der Waals surface area contributed by atoms with Crippen molar-refractivity contribution < 1.29 is 44.3 Å². The van der Waals surface area contributed by atoms with E-state index in [1.807, 2.05) is 18.2 Å². The number of hydrogen-bond acceptors (Lipinski definition) is 10. The van der Waals surface area contributed by atoms with Crippen LogP contribution in [0.3, 0.4) is 0 Å². The summed E-state index contributed by atoms with van der Waals surface area (Å²) in [5.41, 5.74) is 4.54. The Bertz CT molecular complexity index is 1590. The van der Waals surface area contributed by atoms with Crippen molar-refractivity contribution in [3.63, 3.8) is 0 Å². The second kappa shape index (κ2) is 13.0. The zero-order chi connectivity index (χ0) is 32.5. The van der Waals surface area contributed by atoms with Crippen LogP contribution in [0, 0.1) is 11.8 Å². The Labute approximate surface area is 261 Å². The zero-order valence-corrected chi connectivity index (χ0v) is 25.5. The molecule has 3 atom stereocenters. The highest BCUT2D eigenvalue weighted by molar-refractivity contribution is 6.24. The van der Waals surface area contributed by atoms with Gasteiger partial charge in [0.15, 0.2) is 11.4 Å². The summed E-state index contributed by atoms with van der Waals surface area (Å²) in [5.74, 6) is -6.03. The fourth-order valence-corrected chi connectivity index (χ4v) is 6.83. The Morgan fingerprint density at radius 3 is 2.53 bits per heavy atom. The minimum Gasteiger partial charge on any atom is -0.511 e. The number of phenolic OH excluding ortho intramolecular Hbond substituents is 1. The molecule has 0 fully saturated rings. The number of hydrogen-bond donors (Lipinski definition) is 6. The van der Waals surface area contributed by atoms with Gasteiger partial charge in [-0.25, -0.2) is 0 Å². The van der Waals surface area contributed by atoms with Crippen LogP contribution in [0.1, 0.15) is 60.5 Å². The summed E-state index contributed by atoms with van der Waals surface area (Å²) in [7, 11) is 1.55. The van der Waals surface area contributed by atoms with Crippen LogP contribution < -0.4 is 15.8 Å². The quantitative estimate of drug-likeness (QED) is 0.151. The molecule has 45 heavy (non-hydrogen) atoms. The maximum atomic E-state index is 14.0. The van der Waals surface area contributed by atoms with Gasteiger partial charge in [0.1, 0.15) is 28.6 Å². The predicted octanol–water partition coefficient (Wildman–Crippen LogP) is 3.55. The van der Waals surface area contributed by atoms with Crippen LogP contribution in [0.15, 0.2) is 53.0 Å². The summed E-state index contributed by atoms with van der Waals surface area (Å²) in [4.78, 5) is 39.1. The molecule has 240 valence electrons. The number of amides is 1. The molecule has 0 bridgehead atoms. The number of phenols is 1. The number of unbranched alkanes of at least 4 members (excludes halogenated alkanes) is 1. The molecule has 0 aromatic heterocycles. The van der Waals surface area contributed by atoms with Crippen LogP contribution in [0.4, 0.5) is 0 Å². The summed E-state index contributed by atoms with van der Waals surface area (Å²) in [6.07, 6.45) is 3.00. The number of nitrogens with one attached hydrogen (secondary N) is 1. The van der Waals surface area contributed by atoms with E-state index in [0.29, 0.717) is 35.6 Å². The van der Waals surface area contributed by atoms with Gasteiger partial charge in [-0.3, -0.25) is 14.4 Å². The van der Waals surface area contributed by atoms with Crippen LogP contribution in [-0.4, -0.2) is 70.4 Å². The molecule has 2 aromatic carbocycles. The van der Waals surface area contributed by atoms with Crippen molar-refractivity contribution >= 4 is 17.5 Å². The number of carbonyl (C=O) groups is 3. The number of carbonyl (C=O) groups excluding carboxylic acids is 3. The number of aromatic hydroxyl groups is 1. The van der Waals surface area contributed by atoms with E-state index in [4.69, 9.17) is 15.2 Å². The van der Waals surface area contributed by atoms with Crippen molar-refractivity contribution in [2.45, 2.75) is 57.6 Å². The first-order valence-electron chi connectivity index (χ1n) is 15.3.